The van der Waals surface area contributed by atoms with E-state index in [-0.39, 0.29) is 17.9 Å². The molecule has 0 aromatic carbocycles. The number of nitrogens with zero attached hydrogens (tertiary/aromatic N) is 3. The van der Waals surface area contributed by atoms with Crippen molar-refractivity contribution in [3.63, 3.8) is 0 Å². The number of aromatic nitrogens is 2. The van der Waals surface area contributed by atoms with E-state index in [1.165, 1.54) is 5.56 Å². The number of carbonyl (C=O) groups is 2. The molecule has 1 aromatic heterocycles. The average molecular weight is 376 g/mol. The Morgan fingerprint density at radius 2 is 2.07 bits per heavy atom. The lowest BCUT2D eigenvalue weighted by Crippen LogP contribution is -2.46. The second-order valence-corrected chi connectivity index (χ2v) is 8.02. The molecular weight excluding hydrogens is 342 g/mol. The molecule has 0 radical (unpaired) electrons. The summed E-state index contributed by atoms with van der Waals surface area (Å²) in [6.07, 6.45) is 5.35. The van der Waals surface area contributed by atoms with Crippen molar-refractivity contribution < 1.29 is 9.59 Å². The van der Waals surface area contributed by atoms with Crippen molar-refractivity contribution in [1.29, 1.82) is 0 Å². The van der Waals surface area contributed by atoms with Crippen molar-refractivity contribution >= 4 is 11.8 Å². The molecule has 2 saturated heterocycles. The van der Waals surface area contributed by atoms with Gasteiger partial charge in [0.1, 0.15) is 0 Å². The van der Waals surface area contributed by atoms with Crippen LogP contribution in [0.15, 0.2) is 0 Å². The van der Waals surface area contributed by atoms with Crippen LogP contribution in [-0.2, 0) is 23.1 Å². The van der Waals surface area contributed by atoms with E-state index in [0.29, 0.717) is 18.9 Å². The molecule has 27 heavy (non-hydrogen) atoms. The quantitative estimate of drug-likeness (QED) is 0.780. The molecule has 2 unspecified atom stereocenters. The minimum atomic E-state index is -0.0303. The van der Waals surface area contributed by atoms with Crippen LogP contribution >= 0.6 is 0 Å². The number of hydrogen-bond donors (Lipinski definition) is 2. The predicted molar refractivity (Wildman–Crippen MR) is 104 cm³/mol. The summed E-state index contributed by atoms with van der Waals surface area (Å²) >= 11 is 0. The molecule has 0 saturated carbocycles. The van der Waals surface area contributed by atoms with E-state index in [4.69, 9.17) is 0 Å². The standard InChI is InChI=1S/C20H33N5O2/c1-14-17(15(2)24(3)23-14)8-9-19(26)25-11-5-6-16(13-25)12-22-20(27)18-7-4-10-21-18/h16,18,21H,4-13H2,1-3H3,(H,22,27). The smallest absolute Gasteiger partial charge is 0.237 e. The van der Waals surface area contributed by atoms with Crippen LogP contribution in [0.4, 0.5) is 0 Å². The van der Waals surface area contributed by atoms with Crippen LogP contribution < -0.4 is 10.6 Å². The van der Waals surface area contributed by atoms with E-state index in [2.05, 4.69) is 22.7 Å². The fourth-order valence-corrected chi connectivity index (χ4v) is 4.30. The maximum absolute atomic E-state index is 12.7. The molecule has 3 rings (SSSR count). The number of likely N-dealkylation sites (tertiary alicyclic amines) is 1. The average Bonchev–Trinajstić information content (AvgIpc) is 3.28. The summed E-state index contributed by atoms with van der Waals surface area (Å²) in [7, 11) is 1.94. The van der Waals surface area contributed by atoms with Crippen LogP contribution in [0.3, 0.4) is 0 Å². The van der Waals surface area contributed by atoms with Gasteiger partial charge in [0.25, 0.3) is 0 Å². The van der Waals surface area contributed by atoms with Crippen LogP contribution in [0.1, 0.15) is 49.1 Å². The first-order valence-electron chi connectivity index (χ1n) is 10.2. The van der Waals surface area contributed by atoms with Crippen molar-refractivity contribution in [1.82, 2.24) is 25.3 Å². The van der Waals surface area contributed by atoms with Crippen LogP contribution in [0.5, 0.6) is 0 Å². The normalized spacial score (nSPS) is 22.9. The highest BCUT2D eigenvalue weighted by atomic mass is 16.2. The highest BCUT2D eigenvalue weighted by Gasteiger charge is 2.26. The number of hydrogen-bond acceptors (Lipinski definition) is 4. The van der Waals surface area contributed by atoms with Gasteiger partial charge in [-0.25, -0.2) is 0 Å². The molecule has 2 aliphatic rings. The van der Waals surface area contributed by atoms with Gasteiger partial charge in [-0.3, -0.25) is 14.3 Å². The second-order valence-electron chi connectivity index (χ2n) is 8.02. The maximum Gasteiger partial charge on any atom is 0.237 e. The van der Waals surface area contributed by atoms with Crippen molar-refractivity contribution in [2.75, 3.05) is 26.2 Å². The first-order valence-corrected chi connectivity index (χ1v) is 10.2. The Balaban J connectivity index is 1.45. The van der Waals surface area contributed by atoms with Crippen LogP contribution in [0, 0.1) is 19.8 Å². The van der Waals surface area contributed by atoms with Crippen molar-refractivity contribution in [3.8, 4) is 0 Å². The third-order valence-corrected chi connectivity index (χ3v) is 6.06. The first kappa shape index (κ1) is 19.9. The van der Waals surface area contributed by atoms with Crippen LogP contribution in [-0.4, -0.2) is 58.7 Å². The summed E-state index contributed by atoms with van der Waals surface area (Å²) in [5.41, 5.74) is 3.35. The van der Waals surface area contributed by atoms with Gasteiger partial charge in [-0.15, -0.1) is 0 Å². The molecule has 7 nitrogen and oxygen atoms in total. The van der Waals surface area contributed by atoms with E-state index >= 15 is 0 Å². The topological polar surface area (TPSA) is 79.3 Å². The monoisotopic (exact) mass is 375 g/mol. The Morgan fingerprint density at radius 3 is 2.74 bits per heavy atom. The molecule has 3 heterocycles. The van der Waals surface area contributed by atoms with E-state index in [1.807, 2.05) is 23.6 Å². The summed E-state index contributed by atoms with van der Waals surface area (Å²) in [4.78, 5) is 26.8. The zero-order valence-electron chi connectivity index (χ0n) is 16.9. The zero-order chi connectivity index (χ0) is 19.4. The number of piperidine rings is 1. The van der Waals surface area contributed by atoms with E-state index < -0.39 is 0 Å². The molecule has 0 spiro atoms. The third-order valence-electron chi connectivity index (χ3n) is 6.06. The van der Waals surface area contributed by atoms with Crippen molar-refractivity contribution in [2.45, 2.75) is 58.4 Å². The Labute approximate surface area is 161 Å². The Hall–Kier alpha value is -1.89. The van der Waals surface area contributed by atoms with Gasteiger partial charge in [0.15, 0.2) is 0 Å². The van der Waals surface area contributed by atoms with Gasteiger partial charge in [-0.2, -0.15) is 5.10 Å². The highest BCUT2D eigenvalue weighted by molar-refractivity contribution is 5.82. The molecule has 2 N–H and O–H groups in total. The molecule has 2 amide bonds. The number of carbonyl (C=O) groups excluding carboxylic acids is 2. The van der Waals surface area contributed by atoms with Crippen LogP contribution in [0.25, 0.3) is 0 Å². The molecule has 2 aliphatic heterocycles. The lowest BCUT2D eigenvalue weighted by atomic mass is 9.97. The SMILES string of the molecule is Cc1nn(C)c(C)c1CCC(=O)N1CCCC(CNC(=O)C2CCCN2)C1. The summed E-state index contributed by atoms with van der Waals surface area (Å²) in [6.45, 7) is 7.24. The van der Waals surface area contributed by atoms with E-state index in [1.54, 1.807) is 0 Å². The van der Waals surface area contributed by atoms with E-state index in [0.717, 1.165) is 63.1 Å². The van der Waals surface area contributed by atoms with Crippen molar-refractivity contribution in [2.24, 2.45) is 13.0 Å². The molecule has 1 aromatic rings. The molecule has 7 heteroatoms. The molecule has 0 bridgehead atoms. The first-order chi connectivity index (χ1) is 13.0. The zero-order valence-corrected chi connectivity index (χ0v) is 16.9. The Morgan fingerprint density at radius 1 is 1.26 bits per heavy atom. The molecule has 150 valence electrons. The number of rotatable bonds is 6. The van der Waals surface area contributed by atoms with Crippen molar-refractivity contribution in [3.05, 3.63) is 17.0 Å². The maximum atomic E-state index is 12.7. The minimum Gasteiger partial charge on any atom is -0.354 e. The fourth-order valence-electron chi connectivity index (χ4n) is 4.30. The summed E-state index contributed by atoms with van der Waals surface area (Å²) in [6, 6.07) is -0.0303. The van der Waals surface area contributed by atoms with Gasteiger partial charge >= 0.3 is 0 Å². The van der Waals surface area contributed by atoms with Gasteiger partial charge < -0.3 is 15.5 Å². The molecular formula is C20H33N5O2. The van der Waals surface area contributed by atoms with Gasteiger partial charge in [-0.1, -0.05) is 0 Å². The van der Waals surface area contributed by atoms with Gasteiger partial charge in [0, 0.05) is 38.8 Å². The van der Waals surface area contributed by atoms with Crippen LogP contribution in [0.2, 0.25) is 0 Å². The minimum absolute atomic E-state index is 0.0303. The number of amides is 2. The molecule has 0 aliphatic carbocycles. The lowest BCUT2D eigenvalue weighted by Gasteiger charge is -2.33. The fraction of sp³-hybridized carbons (Fsp3) is 0.750. The Kier molecular flexibility index (Phi) is 6.52. The van der Waals surface area contributed by atoms with Gasteiger partial charge in [-0.05, 0) is 64.0 Å². The third kappa shape index (κ3) is 4.89. The van der Waals surface area contributed by atoms with E-state index in [9.17, 15) is 9.59 Å². The predicted octanol–water partition coefficient (Wildman–Crippen LogP) is 1.08. The second kappa shape index (κ2) is 8.87. The molecule has 2 fully saturated rings. The summed E-state index contributed by atoms with van der Waals surface area (Å²) in [5, 5.41) is 10.7. The molecule has 2 atom stereocenters. The lowest BCUT2D eigenvalue weighted by molar-refractivity contribution is -0.132. The highest BCUT2D eigenvalue weighted by Crippen LogP contribution is 2.19. The Bertz CT molecular complexity index is 678. The summed E-state index contributed by atoms with van der Waals surface area (Å²) < 4.78 is 1.88. The number of nitrogens with one attached hydrogen (secondary N) is 2. The van der Waals surface area contributed by atoms with Gasteiger partial charge in [0.05, 0.1) is 11.7 Å². The van der Waals surface area contributed by atoms with Gasteiger partial charge in [0.2, 0.25) is 11.8 Å². The largest absolute Gasteiger partial charge is 0.354 e. The number of aryl methyl sites for hydroxylation is 2. The summed E-state index contributed by atoms with van der Waals surface area (Å²) in [5.74, 6) is 0.680.